The molecule has 144 valence electrons. The van der Waals surface area contributed by atoms with Gasteiger partial charge in [-0.1, -0.05) is 12.1 Å². The zero-order chi connectivity index (χ0) is 19.7. The molecular formula is C23H23FN2OS. The van der Waals surface area contributed by atoms with Crippen molar-refractivity contribution in [2.24, 2.45) is 0 Å². The molecule has 0 bridgehead atoms. The summed E-state index contributed by atoms with van der Waals surface area (Å²) in [6.45, 7) is 5.63. The van der Waals surface area contributed by atoms with Gasteiger partial charge in [0.05, 0.1) is 5.41 Å². The Morgan fingerprint density at radius 1 is 1.07 bits per heavy atom. The van der Waals surface area contributed by atoms with Crippen molar-refractivity contribution in [1.82, 2.24) is 0 Å². The van der Waals surface area contributed by atoms with Crippen LogP contribution >= 0.6 is 11.3 Å². The van der Waals surface area contributed by atoms with Crippen molar-refractivity contribution < 1.29 is 9.18 Å². The Bertz CT molecular complexity index is 977. The molecule has 0 radical (unpaired) electrons. The summed E-state index contributed by atoms with van der Waals surface area (Å²) in [6, 6.07) is 16.3. The van der Waals surface area contributed by atoms with Gasteiger partial charge in [0, 0.05) is 29.3 Å². The molecule has 28 heavy (non-hydrogen) atoms. The van der Waals surface area contributed by atoms with E-state index in [9.17, 15) is 9.18 Å². The molecule has 2 aromatic carbocycles. The zero-order valence-corrected chi connectivity index (χ0v) is 16.9. The SMILES string of the molecule is CC(C)(C(=O)Nc1ccc(N2CCc3sccc3C2)cc1)c1ccc(F)cc1. The molecule has 3 nitrogen and oxygen atoms in total. The van der Waals surface area contributed by atoms with Crippen molar-refractivity contribution in [3.63, 3.8) is 0 Å². The number of benzene rings is 2. The highest BCUT2D eigenvalue weighted by Crippen LogP contribution is 2.29. The molecule has 1 aliphatic rings. The zero-order valence-electron chi connectivity index (χ0n) is 16.0. The average Bonchev–Trinajstić information content (AvgIpc) is 3.16. The van der Waals surface area contributed by atoms with Gasteiger partial charge < -0.3 is 10.2 Å². The summed E-state index contributed by atoms with van der Waals surface area (Å²) in [5.41, 5.74) is 3.36. The summed E-state index contributed by atoms with van der Waals surface area (Å²) in [6.07, 6.45) is 1.08. The van der Waals surface area contributed by atoms with Crippen molar-refractivity contribution in [3.8, 4) is 0 Å². The lowest BCUT2D eigenvalue weighted by Crippen LogP contribution is -2.34. The van der Waals surface area contributed by atoms with Crippen molar-refractivity contribution in [1.29, 1.82) is 0 Å². The van der Waals surface area contributed by atoms with Crippen LogP contribution in [0.1, 0.15) is 29.9 Å². The van der Waals surface area contributed by atoms with Crippen LogP contribution in [0.25, 0.3) is 0 Å². The van der Waals surface area contributed by atoms with Crippen LogP contribution in [-0.2, 0) is 23.2 Å². The summed E-state index contributed by atoms with van der Waals surface area (Å²) in [7, 11) is 0. The number of thiophene rings is 1. The Kier molecular flexibility index (Phi) is 4.94. The van der Waals surface area contributed by atoms with Crippen LogP contribution in [0.5, 0.6) is 0 Å². The minimum absolute atomic E-state index is 0.118. The van der Waals surface area contributed by atoms with Gasteiger partial charge in [0.2, 0.25) is 5.91 Å². The van der Waals surface area contributed by atoms with E-state index < -0.39 is 5.41 Å². The smallest absolute Gasteiger partial charge is 0.234 e. The third-order valence-electron chi connectivity index (χ3n) is 5.43. The van der Waals surface area contributed by atoms with Crippen LogP contribution in [0.4, 0.5) is 15.8 Å². The number of hydrogen-bond acceptors (Lipinski definition) is 3. The van der Waals surface area contributed by atoms with Crippen LogP contribution in [0.15, 0.2) is 60.0 Å². The summed E-state index contributed by atoms with van der Waals surface area (Å²) in [5.74, 6) is -0.421. The topological polar surface area (TPSA) is 32.3 Å². The van der Waals surface area contributed by atoms with Crippen molar-refractivity contribution in [2.75, 3.05) is 16.8 Å². The van der Waals surface area contributed by atoms with Gasteiger partial charge in [-0.25, -0.2) is 4.39 Å². The molecule has 0 atom stereocenters. The standard InChI is InChI=1S/C23H23FN2OS/c1-23(2,17-3-5-18(24)6-4-17)22(27)25-19-7-9-20(10-8-19)26-13-11-21-16(15-26)12-14-28-21/h3-10,12,14H,11,13,15H2,1-2H3,(H,25,27). The number of anilines is 2. The second kappa shape index (κ2) is 7.40. The van der Waals surface area contributed by atoms with E-state index in [4.69, 9.17) is 0 Å². The first kappa shape index (κ1) is 18.7. The van der Waals surface area contributed by atoms with Crippen LogP contribution in [-0.4, -0.2) is 12.5 Å². The summed E-state index contributed by atoms with van der Waals surface area (Å²) in [5, 5.41) is 5.15. The van der Waals surface area contributed by atoms with Crippen LogP contribution < -0.4 is 10.2 Å². The molecule has 0 saturated carbocycles. The Morgan fingerprint density at radius 2 is 1.79 bits per heavy atom. The molecule has 0 saturated heterocycles. The molecule has 2 heterocycles. The largest absolute Gasteiger partial charge is 0.367 e. The number of carbonyl (C=O) groups excluding carboxylic acids is 1. The maximum atomic E-state index is 13.2. The van der Waals surface area contributed by atoms with Crippen LogP contribution in [0.2, 0.25) is 0 Å². The number of fused-ring (bicyclic) bond motifs is 1. The fraction of sp³-hybridized carbons (Fsp3) is 0.261. The molecular weight excluding hydrogens is 371 g/mol. The molecule has 0 spiro atoms. The monoisotopic (exact) mass is 394 g/mol. The number of amides is 1. The molecule has 3 aromatic rings. The normalized spacial score (nSPS) is 13.9. The van der Waals surface area contributed by atoms with Gasteiger partial charge in [-0.15, -0.1) is 11.3 Å². The molecule has 0 fully saturated rings. The highest BCUT2D eigenvalue weighted by molar-refractivity contribution is 7.10. The minimum Gasteiger partial charge on any atom is -0.367 e. The first-order valence-corrected chi connectivity index (χ1v) is 10.3. The predicted octanol–water partition coefficient (Wildman–Crippen LogP) is 5.37. The van der Waals surface area contributed by atoms with E-state index in [0.29, 0.717) is 0 Å². The second-order valence-corrected chi connectivity index (χ2v) is 8.67. The number of nitrogens with zero attached hydrogens (tertiary/aromatic N) is 1. The molecule has 4 rings (SSSR count). The van der Waals surface area contributed by atoms with Crippen molar-refractivity contribution in [2.45, 2.75) is 32.2 Å². The van der Waals surface area contributed by atoms with Crippen LogP contribution in [0.3, 0.4) is 0 Å². The Balaban J connectivity index is 1.44. The Hall–Kier alpha value is -2.66. The number of rotatable bonds is 4. The van der Waals surface area contributed by atoms with Crippen molar-refractivity contribution in [3.05, 3.63) is 81.8 Å². The quantitative estimate of drug-likeness (QED) is 0.645. The highest BCUT2D eigenvalue weighted by atomic mass is 32.1. The number of nitrogens with one attached hydrogen (secondary N) is 1. The first-order chi connectivity index (χ1) is 13.4. The fourth-order valence-corrected chi connectivity index (χ4v) is 4.40. The van der Waals surface area contributed by atoms with Crippen molar-refractivity contribution >= 4 is 28.6 Å². The number of halogens is 1. The summed E-state index contributed by atoms with van der Waals surface area (Å²) >= 11 is 1.84. The Labute approximate surface area is 168 Å². The number of carbonyl (C=O) groups is 1. The van der Waals surface area contributed by atoms with E-state index >= 15 is 0 Å². The van der Waals surface area contributed by atoms with Gasteiger partial charge in [-0.3, -0.25) is 4.79 Å². The average molecular weight is 395 g/mol. The molecule has 0 unspecified atom stereocenters. The summed E-state index contributed by atoms with van der Waals surface area (Å²) in [4.78, 5) is 16.7. The number of hydrogen-bond donors (Lipinski definition) is 1. The second-order valence-electron chi connectivity index (χ2n) is 7.67. The van der Waals surface area contributed by atoms with Gasteiger partial charge in [-0.2, -0.15) is 0 Å². The molecule has 1 aliphatic heterocycles. The Morgan fingerprint density at radius 3 is 2.50 bits per heavy atom. The van der Waals surface area contributed by atoms with Gasteiger partial charge in [-0.05, 0) is 79.2 Å². The van der Waals surface area contributed by atoms with E-state index in [1.54, 1.807) is 12.1 Å². The maximum Gasteiger partial charge on any atom is 0.234 e. The van der Waals surface area contributed by atoms with Gasteiger partial charge in [0.25, 0.3) is 0 Å². The van der Waals surface area contributed by atoms with E-state index in [1.165, 1.54) is 22.6 Å². The van der Waals surface area contributed by atoms with Gasteiger partial charge in [0.15, 0.2) is 0 Å². The molecule has 5 heteroatoms. The lowest BCUT2D eigenvalue weighted by molar-refractivity contribution is -0.120. The van der Waals surface area contributed by atoms with E-state index in [1.807, 2.05) is 37.3 Å². The van der Waals surface area contributed by atoms with E-state index in [0.717, 1.165) is 36.4 Å². The minimum atomic E-state index is -0.755. The lowest BCUT2D eigenvalue weighted by atomic mass is 9.83. The summed E-state index contributed by atoms with van der Waals surface area (Å²) < 4.78 is 13.2. The first-order valence-electron chi connectivity index (χ1n) is 9.41. The van der Waals surface area contributed by atoms with Gasteiger partial charge in [0.1, 0.15) is 5.82 Å². The van der Waals surface area contributed by atoms with E-state index in [2.05, 4.69) is 33.8 Å². The molecule has 1 N–H and O–H groups in total. The third-order valence-corrected chi connectivity index (χ3v) is 6.45. The predicted molar refractivity (Wildman–Crippen MR) is 114 cm³/mol. The third kappa shape index (κ3) is 3.67. The molecule has 0 aliphatic carbocycles. The van der Waals surface area contributed by atoms with E-state index in [-0.39, 0.29) is 11.7 Å². The van der Waals surface area contributed by atoms with Crippen LogP contribution in [0, 0.1) is 5.82 Å². The van der Waals surface area contributed by atoms with Gasteiger partial charge >= 0.3 is 0 Å². The lowest BCUT2D eigenvalue weighted by Gasteiger charge is -2.29. The highest BCUT2D eigenvalue weighted by Gasteiger charge is 2.30. The maximum absolute atomic E-state index is 13.2. The molecule has 1 aromatic heterocycles. The fourth-order valence-electron chi connectivity index (χ4n) is 3.51. The molecule has 1 amide bonds.